The van der Waals surface area contributed by atoms with Crippen LogP contribution in [0.4, 0.5) is 10.5 Å². The normalized spacial score (nSPS) is 36.5. The molecule has 0 aliphatic heterocycles. The van der Waals surface area contributed by atoms with Gasteiger partial charge >= 0.3 is 6.09 Å². The van der Waals surface area contributed by atoms with Gasteiger partial charge in [-0.15, -0.1) is 0 Å². The molecule has 5 atom stereocenters. The Morgan fingerprint density at radius 1 is 1.19 bits per heavy atom. The zero-order valence-electron chi connectivity index (χ0n) is 11.9. The van der Waals surface area contributed by atoms with Crippen LogP contribution in [0.5, 0.6) is 0 Å². The van der Waals surface area contributed by atoms with Crippen molar-refractivity contribution in [3.8, 4) is 0 Å². The Labute approximate surface area is 130 Å². The van der Waals surface area contributed by atoms with Crippen LogP contribution in [0, 0.1) is 23.7 Å². The van der Waals surface area contributed by atoms with E-state index in [4.69, 9.17) is 16.3 Å². The Hall–Kier alpha value is -1.22. The molecule has 3 fully saturated rings. The summed E-state index contributed by atoms with van der Waals surface area (Å²) in [5.41, 5.74) is 0.689. The highest BCUT2D eigenvalue weighted by Crippen LogP contribution is 2.59. The number of fused-ring (bicyclic) bond motifs is 5. The second-order valence-corrected chi connectivity index (χ2v) is 7.17. The summed E-state index contributed by atoms with van der Waals surface area (Å²) in [6.45, 7) is 0. The Balaban J connectivity index is 1.37. The molecule has 21 heavy (non-hydrogen) atoms. The van der Waals surface area contributed by atoms with Gasteiger partial charge in [-0.1, -0.05) is 24.1 Å². The molecular formula is C17H20ClNO2. The lowest BCUT2D eigenvalue weighted by Crippen LogP contribution is -2.33. The number of hydrogen-bond donors (Lipinski definition) is 1. The maximum absolute atomic E-state index is 12.1. The van der Waals surface area contributed by atoms with E-state index in [1.807, 2.05) is 12.1 Å². The monoisotopic (exact) mass is 305 g/mol. The van der Waals surface area contributed by atoms with Crippen molar-refractivity contribution in [2.24, 2.45) is 23.7 Å². The van der Waals surface area contributed by atoms with Gasteiger partial charge in [-0.05, 0) is 67.6 Å². The Kier molecular flexibility index (Phi) is 3.33. The number of anilines is 1. The van der Waals surface area contributed by atoms with E-state index in [1.165, 1.54) is 25.7 Å². The van der Waals surface area contributed by atoms with Crippen LogP contribution in [0.1, 0.15) is 32.1 Å². The highest BCUT2D eigenvalue weighted by Gasteiger charge is 2.55. The number of nitrogens with one attached hydrogen (secondary N) is 1. The third kappa shape index (κ3) is 2.42. The van der Waals surface area contributed by atoms with E-state index in [0.717, 1.165) is 24.2 Å². The minimum absolute atomic E-state index is 0.119. The van der Waals surface area contributed by atoms with Crippen LogP contribution in [-0.2, 0) is 4.74 Å². The van der Waals surface area contributed by atoms with Gasteiger partial charge in [-0.2, -0.15) is 0 Å². The quantitative estimate of drug-likeness (QED) is 0.859. The average molecular weight is 306 g/mol. The first kappa shape index (κ1) is 13.4. The van der Waals surface area contributed by atoms with Gasteiger partial charge in [-0.25, -0.2) is 4.79 Å². The largest absolute Gasteiger partial charge is 0.446 e. The van der Waals surface area contributed by atoms with Crippen molar-refractivity contribution < 1.29 is 9.53 Å². The van der Waals surface area contributed by atoms with Gasteiger partial charge in [0.15, 0.2) is 0 Å². The number of benzene rings is 1. The van der Waals surface area contributed by atoms with Crippen molar-refractivity contribution in [3.63, 3.8) is 0 Å². The SMILES string of the molecule is O=C(Nc1cccc(Cl)c1)O[C@H]1C[C@H]2C[C@@H]1[C@@H]1CCC[C@@H]21. The fourth-order valence-corrected chi connectivity index (χ4v) is 5.18. The van der Waals surface area contributed by atoms with E-state index in [1.54, 1.807) is 12.1 Å². The number of halogens is 1. The van der Waals surface area contributed by atoms with Gasteiger partial charge in [0, 0.05) is 10.7 Å². The number of rotatable bonds is 2. The summed E-state index contributed by atoms with van der Waals surface area (Å²) in [6, 6.07) is 7.16. The zero-order valence-corrected chi connectivity index (χ0v) is 12.7. The topological polar surface area (TPSA) is 38.3 Å². The van der Waals surface area contributed by atoms with Gasteiger partial charge in [0.05, 0.1) is 0 Å². The molecule has 0 aromatic heterocycles. The molecule has 4 rings (SSSR count). The van der Waals surface area contributed by atoms with E-state index in [0.29, 0.717) is 16.6 Å². The van der Waals surface area contributed by atoms with Crippen LogP contribution in [-0.4, -0.2) is 12.2 Å². The van der Waals surface area contributed by atoms with Crippen molar-refractivity contribution in [1.29, 1.82) is 0 Å². The molecule has 1 N–H and O–H groups in total. The van der Waals surface area contributed by atoms with Crippen molar-refractivity contribution in [1.82, 2.24) is 0 Å². The number of carbonyl (C=O) groups excluding carboxylic acids is 1. The molecule has 3 saturated carbocycles. The van der Waals surface area contributed by atoms with E-state index in [9.17, 15) is 4.79 Å². The summed E-state index contributed by atoms with van der Waals surface area (Å²) in [5.74, 6) is 3.14. The lowest BCUT2D eigenvalue weighted by atomic mass is 9.80. The standard InChI is InChI=1S/C17H20ClNO2/c18-11-3-1-4-12(9-11)19-17(20)21-16-8-10-7-15(16)14-6-2-5-13(10)14/h1,3-4,9-10,13-16H,2,5-8H2,(H,19,20)/t10-,13+,14-,15-,16+/m1/s1. The summed E-state index contributed by atoms with van der Waals surface area (Å²) < 4.78 is 5.70. The highest BCUT2D eigenvalue weighted by atomic mass is 35.5. The third-order valence-corrected chi connectivity index (χ3v) is 5.93. The fraction of sp³-hybridized carbons (Fsp3) is 0.588. The van der Waals surface area contributed by atoms with Gasteiger partial charge in [-0.3, -0.25) is 5.32 Å². The summed E-state index contributed by atoms with van der Waals surface area (Å²) in [6.07, 6.45) is 6.20. The van der Waals surface area contributed by atoms with Crippen molar-refractivity contribution in [2.45, 2.75) is 38.2 Å². The van der Waals surface area contributed by atoms with Crippen LogP contribution in [0.15, 0.2) is 24.3 Å². The van der Waals surface area contributed by atoms with Crippen molar-refractivity contribution in [2.75, 3.05) is 5.32 Å². The molecule has 1 aromatic rings. The third-order valence-electron chi connectivity index (χ3n) is 5.70. The minimum atomic E-state index is -0.343. The first-order chi connectivity index (χ1) is 10.2. The minimum Gasteiger partial charge on any atom is -0.446 e. The number of ether oxygens (including phenoxy) is 1. The summed E-state index contributed by atoms with van der Waals surface area (Å²) in [7, 11) is 0. The van der Waals surface area contributed by atoms with Gasteiger partial charge in [0.1, 0.15) is 6.10 Å². The number of hydrogen-bond acceptors (Lipinski definition) is 2. The Morgan fingerprint density at radius 3 is 2.90 bits per heavy atom. The summed E-state index contributed by atoms with van der Waals surface area (Å²) >= 11 is 5.92. The summed E-state index contributed by atoms with van der Waals surface area (Å²) in [4.78, 5) is 12.1. The molecular weight excluding hydrogens is 286 g/mol. The highest BCUT2D eigenvalue weighted by molar-refractivity contribution is 6.30. The molecule has 0 heterocycles. The van der Waals surface area contributed by atoms with Crippen molar-refractivity contribution >= 4 is 23.4 Å². The molecule has 112 valence electrons. The lowest BCUT2D eigenvalue weighted by molar-refractivity contribution is 0.0431. The molecule has 3 aliphatic rings. The second-order valence-electron chi connectivity index (χ2n) is 6.73. The molecule has 4 heteroatoms. The van der Waals surface area contributed by atoms with E-state index in [-0.39, 0.29) is 12.2 Å². The van der Waals surface area contributed by atoms with Gasteiger partial charge in [0.2, 0.25) is 0 Å². The van der Waals surface area contributed by atoms with Crippen molar-refractivity contribution in [3.05, 3.63) is 29.3 Å². The Bertz CT molecular complexity index is 561. The van der Waals surface area contributed by atoms with Crippen LogP contribution >= 0.6 is 11.6 Å². The first-order valence-corrected chi connectivity index (χ1v) is 8.32. The second kappa shape index (κ2) is 5.20. The van der Waals surface area contributed by atoms with Crippen LogP contribution in [0.25, 0.3) is 0 Å². The zero-order chi connectivity index (χ0) is 14.4. The molecule has 0 radical (unpaired) electrons. The maximum Gasteiger partial charge on any atom is 0.411 e. The van der Waals surface area contributed by atoms with E-state index >= 15 is 0 Å². The smallest absolute Gasteiger partial charge is 0.411 e. The molecule has 3 aliphatic carbocycles. The molecule has 3 nitrogen and oxygen atoms in total. The van der Waals surface area contributed by atoms with Crippen LogP contribution < -0.4 is 5.32 Å². The molecule has 0 saturated heterocycles. The molecule has 0 unspecified atom stereocenters. The summed E-state index contributed by atoms with van der Waals surface area (Å²) in [5, 5.41) is 3.40. The lowest BCUT2D eigenvalue weighted by Gasteiger charge is -2.31. The van der Waals surface area contributed by atoms with Crippen LogP contribution in [0.2, 0.25) is 5.02 Å². The predicted octanol–water partition coefficient (Wildman–Crippen LogP) is 4.71. The van der Waals surface area contributed by atoms with Gasteiger partial charge < -0.3 is 4.74 Å². The number of amides is 1. The van der Waals surface area contributed by atoms with Gasteiger partial charge in [0.25, 0.3) is 0 Å². The van der Waals surface area contributed by atoms with E-state index in [2.05, 4.69) is 5.32 Å². The van der Waals surface area contributed by atoms with Crippen LogP contribution in [0.3, 0.4) is 0 Å². The maximum atomic E-state index is 12.1. The molecule has 1 amide bonds. The molecule has 1 aromatic carbocycles. The fourth-order valence-electron chi connectivity index (χ4n) is 4.99. The molecule has 2 bridgehead atoms. The first-order valence-electron chi connectivity index (χ1n) is 7.94. The average Bonchev–Trinajstić information content (AvgIpc) is 3.09. The molecule has 0 spiro atoms. The van der Waals surface area contributed by atoms with E-state index < -0.39 is 0 Å². The Morgan fingerprint density at radius 2 is 2.05 bits per heavy atom. The number of carbonyl (C=O) groups is 1. The predicted molar refractivity (Wildman–Crippen MR) is 82.4 cm³/mol.